The average Bonchev–Trinajstić information content (AvgIpc) is 2.80. The number of carbonyl (C=O) groups is 2. The molecule has 0 spiro atoms. The Bertz CT molecular complexity index is 1140. The molecule has 0 radical (unpaired) electrons. The fourth-order valence-electron chi connectivity index (χ4n) is 3.67. The van der Waals surface area contributed by atoms with Gasteiger partial charge in [-0.1, -0.05) is 52.3 Å². The Balaban J connectivity index is 1.53. The third-order valence-corrected chi connectivity index (χ3v) is 5.81. The van der Waals surface area contributed by atoms with Crippen LogP contribution >= 0.6 is 15.9 Å². The van der Waals surface area contributed by atoms with E-state index in [9.17, 15) is 14.7 Å². The van der Waals surface area contributed by atoms with Crippen LogP contribution in [0.4, 0.5) is 11.4 Å². The number of nitrogens with one attached hydrogen (secondary N) is 1. The van der Waals surface area contributed by atoms with E-state index in [1.165, 1.54) is 17.2 Å². The Morgan fingerprint density at radius 2 is 1.71 bits per heavy atom. The van der Waals surface area contributed by atoms with Gasteiger partial charge in [0.1, 0.15) is 0 Å². The lowest BCUT2D eigenvalue weighted by molar-refractivity contribution is 0.0697. The van der Waals surface area contributed by atoms with Crippen molar-refractivity contribution in [1.82, 2.24) is 0 Å². The molecule has 156 valence electrons. The molecule has 6 heteroatoms. The van der Waals surface area contributed by atoms with E-state index in [1.54, 1.807) is 36.4 Å². The first-order chi connectivity index (χ1) is 15.0. The highest BCUT2D eigenvalue weighted by Crippen LogP contribution is 2.30. The molecule has 31 heavy (non-hydrogen) atoms. The van der Waals surface area contributed by atoms with Gasteiger partial charge < -0.3 is 15.3 Å². The molecule has 1 heterocycles. The van der Waals surface area contributed by atoms with Crippen LogP contribution in [0.25, 0.3) is 5.57 Å². The van der Waals surface area contributed by atoms with Gasteiger partial charge in [0.25, 0.3) is 5.91 Å². The number of carboxylic acid groups (broad SMARTS) is 1. The summed E-state index contributed by atoms with van der Waals surface area (Å²) in [4.78, 5) is 26.5. The number of hydrogen-bond donors (Lipinski definition) is 2. The van der Waals surface area contributed by atoms with E-state index in [2.05, 4.69) is 44.4 Å². The molecule has 0 aliphatic carbocycles. The Labute approximate surface area is 189 Å². The van der Waals surface area contributed by atoms with Crippen LogP contribution in [0.15, 0.2) is 83.3 Å². The third-order valence-electron chi connectivity index (χ3n) is 5.29. The number of aromatic carboxylic acids is 1. The third kappa shape index (κ3) is 4.86. The number of anilines is 2. The number of carboxylic acids is 1. The molecule has 5 nitrogen and oxygen atoms in total. The zero-order valence-corrected chi connectivity index (χ0v) is 18.3. The maximum Gasteiger partial charge on any atom is 0.337 e. The number of nitrogens with zero attached hydrogens (tertiary/aromatic N) is 1. The molecule has 1 aliphatic rings. The second-order valence-electron chi connectivity index (χ2n) is 7.29. The van der Waals surface area contributed by atoms with Crippen molar-refractivity contribution in [1.29, 1.82) is 0 Å². The lowest BCUT2D eigenvalue weighted by Crippen LogP contribution is -2.29. The monoisotopic (exact) mass is 476 g/mol. The first kappa shape index (κ1) is 20.9. The van der Waals surface area contributed by atoms with E-state index >= 15 is 0 Å². The smallest absolute Gasteiger partial charge is 0.337 e. The molecule has 0 aromatic heterocycles. The summed E-state index contributed by atoms with van der Waals surface area (Å²) in [5.41, 5.74) is 4.24. The van der Waals surface area contributed by atoms with Crippen LogP contribution < -0.4 is 10.2 Å². The second kappa shape index (κ2) is 9.18. The molecule has 4 rings (SSSR count). The molecule has 3 aromatic carbocycles. The predicted octanol–water partition coefficient (Wildman–Crippen LogP) is 5.69. The maximum absolute atomic E-state index is 12.5. The number of amides is 1. The Hall–Kier alpha value is -3.38. The van der Waals surface area contributed by atoms with Crippen molar-refractivity contribution in [3.8, 4) is 0 Å². The molecular weight excluding hydrogens is 456 g/mol. The highest BCUT2D eigenvalue weighted by atomic mass is 79.9. The SMILES string of the molecule is O=C(Nc1ccc(N2CC=C(c3ccccc3)CC2)c(C(=O)O)c1)c1ccc(Br)cc1. The van der Waals surface area contributed by atoms with Crippen LogP contribution in [0, 0.1) is 0 Å². The molecule has 0 saturated carbocycles. The zero-order valence-electron chi connectivity index (χ0n) is 16.7. The van der Waals surface area contributed by atoms with Gasteiger partial charge in [0.05, 0.1) is 11.3 Å². The van der Waals surface area contributed by atoms with Gasteiger partial charge in [0.2, 0.25) is 0 Å². The van der Waals surface area contributed by atoms with E-state index < -0.39 is 5.97 Å². The summed E-state index contributed by atoms with van der Waals surface area (Å²) in [6, 6.07) is 22.2. The molecule has 1 amide bonds. The van der Waals surface area contributed by atoms with Crippen LogP contribution in [-0.4, -0.2) is 30.1 Å². The fourth-order valence-corrected chi connectivity index (χ4v) is 3.93. The summed E-state index contributed by atoms with van der Waals surface area (Å²) in [6.45, 7) is 1.36. The quantitative estimate of drug-likeness (QED) is 0.495. The Morgan fingerprint density at radius 3 is 2.35 bits per heavy atom. The van der Waals surface area contributed by atoms with Crippen LogP contribution in [0.5, 0.6) is 0 Å². The summed E-state index contributed by atoms with van der Waals surface area (Å²) in [5, 5.41) is 12.6. The van der Waals surface area contributed by atoms with E-state index in [-0.39, 0.29) is 11.5 Å². The van der Waals surface area contributed by atoms with Crippen LogP contribution in [-0.2, 0) is 0 Å². The van der Waals surface area contributed by atoms with E-state index in [0.717, 1.165) is 17.4 Å². The van der Waals surface area contributed by atoms with Crippen molar-refractivity contribution in [2.24, 2.45) is 0 Å². The molecule has 0 fully saturated rings. The molecule has 0 bridgehead atoms. The molecule has 1 aliphatic heterocycles. The first-order valence-corrected chi connectivity index (χ1v) is 10.7. The summed E-state index contributed by atoms with van der Waals surface area (Å²) in [6.07, 6.45) is 2.98. The van der Waals surface area contributed by atoms with Crippen LogP contribution in [0.2, 0.25) is 0 Å². The number of hydrogen-bond acceptors (Lipinski definition) is 3. The van der Waals surface area contributed by atoms with Gasteiger partial charge in [-0.25, -0.2) is 4.79 Å². The van der Waals surface area contributed by atoms with Gasteiger partial charge in [-0.3, -0.25) is 4.79 Å². The van der Waals surface area contributed by atoms with Crippen molar-refractivity contribution in [2.45, 2.75) is 6.42 Å². The molecule has 0 saturated heterocycles. The summed E-state index contributed by atoms with van der Waals surface area (Å²) >= 11 is 3.34. The highest BCUT2D eigenvalue weighted by molar-refractivity contribution is 9.10. The van der Waals surface area contributed by atoms with Crippen molar-refractivity contribution in [3.05, 3.63) is 100 Å². The number of rotatable bonds is 5. The topological polar surface area (TPSA) is 69.6 Å². The molecule has 2 N–H and O–H groups in total. The van der Waals surface area contributed by atoms with E-state index in [0.29, 0.717) is 23.5 Å². The van der Waals surface area contributed by atoms with E-state index in [1.807, 2.05) is 18.2 Å². The second-order valence-corrected chi connectivity index (χ2v) is 8.21. The molecule has 0 unspecified atom stereocenters. The molecule has 3 aromatic rings. The summed E-state index contributed by atoms with van der Waals surface area (Å²) < 4.78 is 0.882. The number of halogens is 1. The molecule has 0 atom stereocenters. The average molecular weight is 477 g/mol. The van der Waals surface area contributed by atoms with Crippen molar-refractivity contribution in [3.63, 3.8) is 0 Å². The van der Waals surface area contributed by atoms with Gasteiger partial charge in [0, 0.05) is 28.8 Å². The minimum atomic E-state index is -1.02. The number of benzene rings is 3. The minimum Gasteiger partial charge on any atom is -0.478 e. The van der Waals surface area contributed by atoms with Crippen molar-refractivity contribution < 1.29 is 14.7 Å². The van der Waals surface area contributed by atoms with Gasteiger partial charge in [-0.05, 0) is 60.0 Å². The summed E-state index contributed by atoms with van der Waals surface area (Å²) in [7, 11) is 0. The van der Waals surface area contributed by atoms with Gasteiger partial charge in [0.15, 0.2) is 0 Å². The van der Waals surface area contributed by atoms with Crippen LogP contribution in [0.1, 0.15) is 32.7 Å². The van der Waals surface area contributed by atoms with Crippen molar-refractivity contribution >= 4 is 44.8 Å². The standard InChI is InChI=1S/C25H21BrN2O3/c26-20-8-6-19(7-9-20)24(29)27-21-10-11-23(22(16-21)25(30)31)28-14-12-18(13-15-28)17-4-2-1-3-5-17/h1-12,16H,13-15H2,(H,27,29)(H,30,31). The maximum atomic E-state index is 12.5. The Morgan fingerprint density at radius 1 is 0.968 bits per heavy atom. The molecular formula is C25H21BrN2O3. The van der Waals surface area contributed by atoms with Gasteiger partial charge >= 0.3 is 5.97 Å². The number of carbonyl (C=O) groups excluding carboxylic acids is 1. The highest BCUT2D eigenvalue weighted by Gasteiger charge is 2.20. The van der Waals surface area contributed by atoms with Crippen LogP contribution in [0.3, 0.4) is 0 Å². The largest absolute Gasteiger partial charge is 0.478 e. The van der Waals surface area contributed by atoms with Gasteiger partial charge in [-0.15, -0.1) is 0 Å². The van der Waals surface area contributed by atoms with Crippen molar-refractivity contribution in [2.75, 3.05) is 23.3 Å². The Kier molecular flexibility index (Phi) is 6.18. The first-order valence-electron chi connectivity index (χ1n) is 9.95. The summed E-state index contributed by atoms with van der Waals surface area (Å²) in [5.74, 6) is -1.31. The lowest BCUT2D eigenvalue weighted by Gasteiger charge is -2.30. The lowest BCUT2D eigenvalue weighted by atomic mass is 9.98. The predicted molar refractivity (Wildman–Crippen MR) is 127 cm³/mol. The van der Waals surface area contributed by atoms with Gasteiger partial charge in [-0.2, -0.15) is 0 Å². The fraction of sp³-hybridized carbons (Fsp3) is 0.120. The normalized spacial score (nSPS) is 13.5. The minimum absolute atomic E-state index is 0.171. The zero-order chi connectivity index (χ0) is 21.8. The van der Waals surface area contributed by atoms with E-state index in [4.69, 9.17) is 0 Å².